The summed E-state index contributed by atoms with van der Waals surface area (Å²) in [5, 5.41) is 11.9. The van der Waals surface area contributed by atoms with E-state index in [1.807, 2.05) is 12.2 Å². The maximum Gasteiger partial charge on any atom is 0.307 e. The van der Waals surface area contributed by atoms with Gasteiger partial charge >= 0.3 is 5.97 Å². The third-order valence-corrected chi connectivity index (χ3v) is 4.49. The Balaban J connectivity index is 1.96. The van der Waals surface area contributed by atoms with Gasteiger partial charge in [-0.25, -0.2) is 0 Å². The van der Waals surface area contributed by atoms with Crippen molar-refractivity contribution in [1.29, 1.82) is 0 Å². The Kier molecular flexibility index (Phi) is 4.98. The number of amides is 2. The molecule has 0 bridgehead atoms. The lowest BCUT2D eigenvalue weighted by Crippen LogP contribution is -2.47. The standard InChI is InChI=1S/C15H22N2O4/c1-16-13(18)10-6-8-17(9-7-10)14(19)11-4-2-3-5-12(11)15(20)21/h2-3,10-12H,4-9H2,1H3,(H,16,18)(H,20,21). The van der Waals surface area contributed by atoms with Crippen LogP contribution in [0.25, 0.3) is 0 Å². The van der Waals surface area contributed by atoms with Gasteiger partial charge in [-0.1, -0.05) is 12.2 Å². The van der Waals surface area contributed by atoms with E-state index in [1.165, 1.54) is 0 Å². The first-order chi connectivity index (χ1) is 10.0. The minimum Gasteiger partial charge on any atom is -0.481 e. The van der Waals surface area contributed by atoms with Crippen molar-refractivity contribution in [1.82, 2.24) is 10.2 Å². The highest BCUT2D eigenvalue weighted by atomic mass is 16.4. The third kappa shape index (κ3) is 3.43. The second-order valence-corrected chi connectivity index (χ2v) is 5.71. The van der Waals surface area contributed by atoms with Crippen LogP contribution in [0.15, 0.2) is 12.2 Å². The van der Waals surface area contributed by atoms with Gasteiger partial charge in [0, 0.05) is 26.1 Å². The second-order valence-electron chi connectivity index (χ2n) is 5.71. The van der Waals surface area contributed by atoms with Crippen molar-refractivity contribution in [3.63, 3.8) is 0 Å². The summed E-state index contributed by atoms with van der Waals surface area (Å²) in [6, 6.07) is 0. The number of hydrogen-bond donors (Lipinski definition) is 2. The highest BCUT2D eigenvalue weighted by Gasteiger charge is 2.37. The maximum atomic E-state index is 12.5. The average Bonchev–Trinajstić information content (AvgIpc) is 2.53. The lowest BCUT2D eigenvalue weighted by Gasteiger charge is -2.35. The first kappa shape index (κ1) is 15.5. The molecule has 0 radical (unpaired) electrons. The molecule has 1 fully saturated rings. The molecule has 0 aromatic heterocycles. The van der Waals surface area contributed by atoms with E-state index in [1.54, 1.807) is 11.9 Å². The molecule has 1 heterocycles. The number of nitrogens with zero attached hydrogens (tertiary/aromatic N) is 1. The number of carboxylic acid groups (broad SMARTS) is 1. The predicted molar refractivity (Wildman–Crippen MR) is 76.4 cm³/mol. The Morgan fingerprint density at radius 2 is 1.67 bits per heavy atom. The van der Waals surface area contributed by atoms with E-state index < -0.39 is 17.8 Å². The van der Waals surface area contributed by atoms with Crippen LogP contribution in [-0.2, 0) is 14.4 Å². The summed E-state index contributed by atoms with van der Waals surface area (Å²) in [7, 11) is 1.62. The van der Waals surface area contributed by atoms with Crippen molar-refractivity contribution in [2.75, 3.05) is 20.1 Å². The van der Waals surface area contributed by atoms with Crippen molar-refractivity contribution in [3.05, 3.63) is 12.2 Å². The van der Waals surface area contributed by atoms with Crippen LogP contribution >= 0.6 is 0 Å². The van der Waals surface area contributed by atoms with Gasteiger partial charge in [0.05, 0.1) is 11.8 Å². The lowest BCUT2D eigenvalue weighted by atomic mass is 9.81. The van der Waals surface area contributed by atoms with Crippen LogP contribution in [-0.4, -0.2) is 47.9 Å². The van der Waals surface area contributed by atoms with Crippen molar-refractivity contribution in [2.45, 2.75) is 25.7 Å². The molecule has 0 aromatic rings. The Morgan fingerprint density at radius 3 is 2.19 bits per heavy atom. The first-order valence-corrected chi connectivity index (χ1v) is 7.42. The summed E-state index contributed by atoms with van der Waals surface area (Å²) in [6.45, 7) is 1.06. The van der Waals surface area contributed by atoms with Gasteiger partial charge in [0.15, 0.2) is 0 Å². The fraction of sp³-hybridized carbons (Fsp3) is 0.667. The lowest BCUT2D eigenvalue weighted by molar-refractivity contribution is -0.151. The van der Waals surface area contributed by atoms with Crippen LogP contribution in [0.5, 0.6) is 0 Å². The van der Waals surface area contributed by atoms with E-state index in [0.29, 0.717) is 38.8 Å². The maximum absolute atomic E-state index is 12.5. The molecule has 0 saturated carbocycles. The molecule has 0 aromatic carbocycles. The summed E-state index contributed by atoms with van der Waals surface area (Å²) in [4.78, 5) is 37.1. The molecule has 2 rings (SSSR count). The monoisotopic (exact) mass is 294 g/mol. The second kappa shape index (κ2) is 6.74. The summed E-state index contributed by atoms with van der Waals surface area (Å²) in [5.41, 5.74) is 0. The number of piperidine rings is 1. The number of carboxylic acids is 1. The molecule has 2 atom stereocenters. The number of likely N-dealkylation sites (tertiary alicyclic amines) is 1. The summed E-state index contributed by atoms with van der Waals surface area (Å²) >= 11 is 0. The van der Waals surface area contributed by atoms with Crippen molar-refractivity contribution in [2.24, 2.45) is 17.8 Å². The molecule has 21 heavy (non-hydrogen) atoms. The number of allylic oxidation sites excluding steroid dienone is 2. The largest absolute Gasteiger partial charge is 0.481 e. The van der Waals surface area contributed by atoms with Crippen molar-refractivity contribution < 1.29 is 19.5 Å². The average molecular weight is 294 g/mol. The molecular weight excluding hydrogens is 272 g/mol. The molecule has 1 aliphatic carbocycles. The van der Waals surface area contributed by atoms with Gasteiger partial charge in [-0.05, 0) is 25.7 Å². The van der Waals surface area contributed by atoms with Crippen LogP contribution in [0.4, 0.5) is 0 Å². The van der Waals surface area contributed by atoms with Crippen molar-refractivity contribution >= 4 is 17.8 Å². The summed E-state index contributed by atoms with van der Waals surface area (Å²) < 4.78 is 0. The van der Waals surface area contributed by atoms with E-state index in [-0.39, 0.29) is 17.7 Å². The molecule has 2 unspecified atom stereocenters. The summed E-state index contributed by atoms with van der Waals surface area (Å²) in [5.74, 6) is -2.10. The zero-order valence-electron chi connectivity index (χ0n) is 12.2. The zero-order valence-corrected chi connectivity index (χ0v) is 12.2. The molecule has 1 saturated heterocycles. The SMILES string of the molecule is CNC(=O)C1CCN(C(=O)C2CC=CCC2C(=O)O)CC1. The minimum atomic E-state index is -0.905. The van der Waals surface area contributed by atoms with Crippen LogP contribution in [0.3, 0.4) is 0 Å². The number of rotatable bonds is 3. The fourth-order valence-corrected chi connectivity index (χ4v) is 3.16. The summed E-state index contributed by atoms with van der Waals surface area (Å²) in [6.07, 6.45) is 5.92. The van der Waals surface area contributed by atoms with Gasteiger partial charge in [0.25, 0.3) is 0 Å². The van der Waals surface area contributed by atoms with Crippen LogP contribution in [0.2, 0.25) is 0 Å². The van der Waals surface area contributed by atoms with E-state index in [2.05, 4.69) is 5.32 Å². The predicted octanol–water partition coefficient (Wildman–Crippen LogP) is 0.638. The number of aliphatic carboxylic acids is 1. The molecule has 2 amide bonds. The molecule has 0 spiro atoms. The normalized spacial score (nSPS) is 26.4. The van der Waals surface area contributed by atoms with Crippen LogP contribution in [0.1, 0.15) is 25.7 Å². The van der Waals surface area contributed by atoms with Crippen LogP contribution in [0, 0.1) is 17.8 Å². The Hall–Kier alpha value is -1.85. The number of carbonyl (C=O) groups excluding carboxylic acids is 2. The molecular formula is C15H22N2O4. The van der Waals surface area contributed by atoms with Crippen LogP contribution < -0.4 is 5.32 Å². The molecule has 2 aliphatic rings. The number of carbonyl (C=O) groups is 3. The highest BCUT2D eigenvalue weighted by molar-refractivity contribution is 5.86. The van der Waals surface area contributed by atoms with Gasteiger partial charge in [0.2, 0.25) is 11.8 Å². The molecule has 2 N–H and O–H groups in total. The minimum absolute atomic E-state index is 0.0195. The molecule has 1 aliphatic heterocycles. The van der Waals surface area contributed by atoms with Crippen molar-refractivity contribution in [3.8, 4) is 0 Å². The first-order valence-electron chi connectivity index (χ1n) is 7.42. The van der Waals surface area contributed by atoms with E-state index in [4.69, 9.17) is 0 Å². The molecule has 6 heteroatoms. The smallest absolute Gasteiger partial charge is 0.307 e. The highest BCUT2D eigenvalue weighted by Crippen LogP contribution is 2.29. The van der Waals surface area contributed by atoms with E-state index in [9.17, 15) is 19.5 Å². The number of nitrogens with one attached hydrogen (secondary N) is 1. The molecule has 6 nitrogen and oxygen atoms in total. The van der Waals surface area contributed by atoms with Gasteiger partial charge < -0.3 is 15.3 Å². The van der Waals surface area contributed by atoms with Gasteiger partial charge in [-0.2, -0.15) is 0 Å². The molecule has 116 valence electrons. The zero-order chi connectivity index (χ0) is 15.4. The quantitative estimate of drug-likeness (QED) is 0.748. The Bertz CT molecular complexity index is 453. The third-order valence-electron chi connectivity index (χ3n) is 4.49. The Labute approximate surface area is 124 Å². The number of hydrogen-bond acceptors (Lipinski definition) is 3. The van der Waals surface area contributed by atoms with Gasteiger partial charge in [-0.3, -0.25) is 14.4 Å². The fourth-order valence-electron chi connectivity index (χ4n) is 3.16. The van der Waals surface area contributed by atoms with E-state index >= 15 is 0 Å². The van der Waals surface area contributed by atoms with Gasteiger partial charge in [0.1, 0.15) is 0 Å². The van der Waals surface area contributed by atoms with Gasteiger partial charge in [-0.15, -0.1) is 0 Å². The Morgan fingerprint density at radius 1 is 1.10 bits per heavy atom. The van der Waals surface area contributed by atoms with E-state index in [0.717, 1.165) is 0 Å². The topological polar surface area (TPSA) is 86.7 Å².